The van der Waals surface area contributed by atoms with Crippen molar-refractivity contribution in [3.05, 3.63) is 78.0 Å². The lowest BCUT2D eigenvalue weighted by Gasteiger charge is -2.20. The monoisotopic (exact) mass is 428 g/mol. The number of amides is 2. The number of fused-ring (bicyclic) bond motifs is 1. The van der Waals surface area contributed by atoms with Crippen LogP contribution in [0.3, 0.4) is 0 Å². The zero-order chi connectivity index (χ0) is 22.5. The Morgan fingerprint density at radius 3 is 2.56 bits per heavy atom. The number of anilines is 2. The molecule has 162 valence electrons. The highest BCUT2D eigenvalue weighted by Crippen LogP contribution is 2.31. The summed E-state index contributed by atoms with van der Waals surface area (Å²) < 4.78 is 5.42. The minimum atomic E-state index is -0.321. The second kappa shape index (κ2) is 9.43. The van der Waals surface area contributed by atoms with E-state index in [1.165, 1.54) is 4.90 Å². The summed E-state index contributed by atoms with van der Waals surface area (Å²) in [6.45, 7) is 4.33. The van der Waals surface area contributed by atoms with E-state index >= 15 is 0 Å². The van der Waals surface area contributed by atoms with Crippen LogP contribution < -0.4 is 15.0 Å². The molecule has 0 unspecified atom stereocenters. The first-order chi connectivity index (χ1) is 15.5. The molecule has 0 atom stereocenters. The van der Waals surface area contributed by atoms with E-state index in [1.807, 2.05) is 38.1 Å². The molecule has 0 bridgehead atoms. The number of carbonyl (C=O) groups is 2. The zero-order valence-electron chi connectivity index (χ0n) is 18.0. The Morgan fingerprint density at radius 2 is 1.84 bits per heavy atom. The Labute approximate surface area is 186 Å². The van der Waals surface area contributed by atoms with Gasteiger partial charge in [-0.2, -0.15) is 0 Å². The number of carbonyl (C=O) groups excluding carboxylic acids is 2. The average Bonchev–Trinajstić information content (AvgIpc) is 2.92. The van der Waals surface area contributed by atoms with Gasteiger partial charge in [-0.3, -0.25) is 14.5 Å². The van der Waals surface area contributed by atoms with Crippen LogP contribution in [0.25, 0.3) is 0 Å². The molecule has 1 aromatic heterocycles. The second-order valence-electron chi connectivity index (χ2n) is 7.43. The number of pyridine rings is 1. The average molecular weight is 428 g/mol. The minimum absolute atomic E-state index is 0.0791. The van der Waals surface area contributed by atoms with Gasteiger partial charge in [0.05, 0.1) is 18.7 Å². The summed E-state index contributed by atoms with van der Waals surface area (Å²) in [5.74, 6) is 0.551. The van der Waals surface area contributed by atoms with Gasteiger partial charge in [-0.1, -0.05) is 29.8 Å². The summed E-state index contributed by atoms with van der Waals surface area (Å²) in [4.78, 5) is 36.3. The van der Waals surface area contributed by atoms with Gasteiger partial charge in [0, 0.05) is 11.9 Å². The summed E-state index contributed by atoms with van der Waals surface area (Å²) in [7, 11) is 0. The molecule has 0 saturated carbocycles. The molecule has 2 aromatic carbocycles. The van der Waals surface area contributed by atoms with Crippen molar-refractivity contribution in [1.82, 2.24) is 4.98 Å². The number of rotatable bonds is 6. The molecule has 0 saturated heterocycles. The van der Waals surface area contributed by atoms with E-state index in [2.05, 4.69) is 10.3 Å². The first-order valence-electron chi connectivity index (χ1n) is 10.5. The molecule has 2 amide bonds. The standard InChI is InChI=1S/C25H24N4O3/c1-3-32-20-12-10-19(11-13-20)27-23(30)16-29-24(31)15-22(18-8-6-17(2)7-9-18)28-21-5-4-14-26-25(21)29/h4-14H,3,15-16H2,1-2H3,(H,27,30). The number of aromatic nitrogens is 1. The Morgan fingerprint density at radius 1 is 1.09 bits per heavy atom. The fourth-order valence-corrected chi connectivity index (χ4v) is 3.45. The number of aliphatic imine (C=N–C) groups is 1. The van der Waals surface area contributed by atoms with Gasteiger partial charge in [0.1, 0.15) is 18.0 Å². The van der Waals surface area contributed by atoms with Crippen molar-refractivity contribution < 1.29 is 14.3 Å². The van der Waals surface area contributed by atoms with Crippen molar-refractivity contribution >= 4 is 34.7 Å². The number of aryl methyl sites for hydroxylation is 1. The minimum Gasteiger partial charge on any atom is -0.494 e. The van der Waals surface area contributed by atoms with E-state index in [1.54, 1.807) is 42.6 Å². The number of benzene rings is 2. The van der Waals surface area contributed by atoms with Crippen LogP contribution in [0.15, 0.2) is 71.9 Å². The van der Waals surface area contributed by atoms with Crippen molar-refractivity contribution in [2.75, 3.05) is 23.4 Å². The van der Waals surface area contributed by atoms with Gasteiger partial charge in [0.15, 0.2) is 5.82 Å². The maximum absolute atomic E-state index is 13.1. The van der Waals surface area contributed by atoms with Gasteiger partial charge in [-0.05, 0) is 55.8 Å². The maximum Gasteiger partial charge on any atom is 0.244 e. The molecule has 1 aliphatic rings. The van der Waals surface area contributed by atoms with Crippen molar-refractivity contribution in [2.45, 2.75) is 20.3 Å². The Balaban J connectivity index is 1.54. The summed E-state index contributed by atoms with van der Waals surface area (Å²) in [6.07, 6.45) is 1.67. The van der Waals surface area contributed by atoms with E-state index in [0.29, 0.717) is 29.5 Å². The highest BCUT2D eigenvalue weighted by Gasteiger charge is 2.27. The topological polar surface area (TPSA) is 83.9 Å². The molecule has 0 fully saturated rings. The third kappa shape index (κ3) is 4.83. The lowest BCUT2D eigenvalue weighted by Crippen LogP contribution is -2.38. The van der Waals surface area contributed by atoms with Crippen LogP contribution in [0.1, 0.15) is 24.5 Å². The number of hydrogen-bond donors (Lipinski definition) is 1. The molecule has 2 heterocycles. The fraction of sp³-hybridized carbons (Fsp3) is 0.200. The quantitative estimate of drug-likeness (QED) is 0.635. The Bertz CT molecular complexity index is 1150. The van der Waals surface area contributed by atoms with E-state index < -0.39 is 0 Å². The number of nitrogens with one attached hydrogen (secondary N) is 1. The van der Waals surface area contributed by atoms with Crippen LogP contribution in [0.2, 0.25) is 0 Å². The SMILES string of the molecule is CCOc1ccc(NC(=O)CN2C(=O)CC(c3ccc(C)cc3)=Nc3cccnc32)cc1. The molecule has 4 rings (SSSR count). The van der Waals surface area contributed by atoms with E-state index in [4.69, 9.17) is 9.73 Å². The van der Waals surface area contributed by atoms with Gasteiger partial charge in [0.25, 0.3) is 0 Å². The molecule has 3 aromatic rings. The number of hydrogen-bond acceptors (Lipinski definition) is 5. The fourth-order valence-electron chi connectivity index (χ4n) is 3.45. The van der Waals surface area contributed by atoms with Crippen molar-refractivity contribution in [1.29, 1.82) is 0 Å². The summed E-state index contributed by atoms with van der Waals surface area (Å²) in [5, 5.41) is 2.83. The molecular formula is C25H24N4O3. The van der Waals surface area contributed by atoms with Gasteiger partial charge < -0.3 is 10.1 Å². The molecule has 1 aliphatic heterocycles. The predicted octanol–water partition coefficient (Wildman–Crippen LogP) is 4.28. The Hall–Kier alpha value is -4.00. The smallest absolute Gasteiger partial charge is 0.244 e. The van der Waals surface area contributed by atoms with Crippen LogP contribution in [0, 0.1) is 6.92 Å². The third-order valence-electron chi connectivity index (χ3n) is 5.03. The molecule has 7 heteroatoms. The molecular weight excluding hydrogens is 404 g/mol. The van der Waals surface area contributed by atoms with E-state index in [9.17, 15) is 9.59 Å². The van der Waals surface area contributed by atoms with Gasteiger partial charge in [-0.25, -0.2) is 9.98 Å². The third-order valence-corrected chi connectivity index (χ3v) is 5.03. The molecule has 32 heavy (non-hydrogen) atoms. The van der Waals surface area contributed by atoms with Crippen LogP contribution in [-0.2, 0) is 9.59 Å². The largest absolute Gasteiger partial charge is 0.494 e. The van der Waals surface area contributed by atoms with Gasteiger partial charge in [-0.15, -0.1) is 0 Å². The predicted molar refractivity (Wildman–Crippen MR) is 125 cm³/mol. The second-order valence-corrected chi connectivity index (χ2v) is 7.43. The molecule has 0 spiro atoms. The molecule has 0 aliphatic carbocycles. The normalized spacial score (nSPS) is 13.1. The number of ether oxygens (including phenoxy) is 1. The van der Waals surface area contributed by atoms with E-state index in [-0.39, 0.29) is 24.8 Å². The lowest BCUT2D eigenvalue weighted by atomic mass is 10.1. The van der Waals surface area contributed by atoms with Crippen LogP contribution in [-0.4, -0.2) is 35.7 Å². The van der Waals surface area contributed by atoms with Gasteiger partial charge >= 0.3 is 0 Å². The highest BCUT2D eigenvalue weighted by molar-refractivity contribution is 6.18. The first kappa shape index (κ1) is 21.2. The highest BCUT2D eigenvalue weighted by atomic mass is 16.5. The summed E-state index contributed by atoms with van der Waals surface area (Å²) >= 11 is 0. The maximum atomic E-state index is 13.1. The van der Waals surface area contributed by atoms with Gasteiger partial charge in [0.2, 0.25) is 11.8 Å². The van der Waals surface area contributed by atoms with Crippen LogP contribution in [0.4, 0.5) is 17.2 Å². The van der Waals surface area contributed by atoms with Crippen molar-refractivity contribution in [2.24, 2.45) is 4.99 Å². The Kier molecular flexibility index (Phi) is 6.26. The molecule has 0 radical (unpaired) electrons. The van der Waals surface area contributed by atoms with Crippen molar-refractivity contribution in [3.8, 4) is 5.75 Å². The van der Waals surface area contributed by atoms with Crippen LogP contribution in [0.5, 0.6) is 5.75 Å². The zero-order valence-corrected chi connectivity index (χ0v) is 18.0. The molecule has 1 N–H and O–H groups in total. The summed E-state index contributed by atoms with van der Waals surface area (Å²) in [5.41, 5.74) is 3.84. The number of nitrogens with zero attached hydrogens (tertiary/aromatic N) is 3. The molecule has 7 nitrogen and oxygen atoms in total. The van der Waals surface area contributed by atoms with E-state index in [0.717, 1.165) is 16.9 Å². The first-order valence-corrected chi connectivity index (χ1v) is 10.5. The van der Waals surface area contributed by atoms with Crippen molar-refractivity contribution in [3.63, 3.8) is 0 Å². The lowest BCUT2D eigenvalue weighted by molar-refractivity contribution is -0.120. The summed E-state index contributed by atoms with van der Waals surface area (Å²) in [6, 6.07) is 18.5. The van der Waals surface area contributed by atoms with Crippen LogP contribution >= 0.6 is 0 Å².